The van der Waals surface area contributed by atoms with Gasteiger partial charge in [-0.25, -0.2) is 28.3 Å². The Morgan fingerprint density at radius 1 is 0.667 bits per heavy atom. The number of rotatable bonds is 17. The number of benzene rings is 2. The molecule has 366 valence electrons. The van der Waals surface area contributed by atoms with E-state index in [4.69, 9.17) is 28.9 Å². The molecule has 0 radical (unpaired) electrons. The summed E-state index contributed by atoms with van der Waals surface area (Å²) >= 11 is 0. The fourth-order valence-electron chi connectivity index (χ4n) is 8.50. The SMILES string of the molecule is CC(C)(C)OC(=O)N1CCC[C@H]1c1nc2cc(C(O)CC[C@H](O)c3cc4nc([C@@H]5CCCN5C(=O)OC(C)(C)C)n(COCC[Si](C)(C)C)c4cc3F)c(F)cc2n1COCC[Si](C)(C)C. The molecule has 2 aromatic carbocycles. The molecule has 2 N–H and O–H groups in total. The fraction of sp³-hybridized carbons (Fsp3) is 0.667. The van der Waals surface area contributed by atoms with Crippen LogP contribution in [0, 0.1) is 11.6 Å². The molecule has 4 aromatic rings. The number of likely N-dealkylation sites (tertiary alicyclic amines) is 2. The predicted octanol–water partition coefficient (Wildman–Crippen LogP) is 11.0. The molecule has 2 saturated heterocycles. The van der Waals surface area contributed by atoms with E-state index in [9.17, 15) is 19.8 Å². The number of amides is 2. The minimum atomic E-state index is -1.40. The molecule has 18 heteroatoms. The Balaban J connectivity index is 1.25. The summed E-state index contributed by atoms with van der Waals surface area (Å²) in [5, 5.41) is 22.9. The molecular weight excluding hydrogens is 883 g/mol. The molecule has 2 fully saturated rings. The molecule has 14 nitrogen and oxygen atoms in total. The Morgan fingerprint density at radius 2 is 1.03 bits per heavy atom. The number of imidazole rings is 2. The second-order valence-electron chi connectivity index (χ2n) is 22.5. The van der Waals surface area contributed by atoms with Crippen LogP contribution in [0.25, 0.3) is 22.1 Å². The van der Waals surface area contributed by atoms with Crippen LogP contribution in [-0.4, -0.2) is 105 Å². The summed E-state index contributed by atoms with van der Waals surface area (Å²) < 4.78 is 59.7. The maximum absolute atomic E-state index is 16.2. The molecule has 0 saturated carbocycles. The molecule has 0 aliphatic carbocycles. The number of hydrogen-bond donors (Lipinski definition) is 2. The van der Waals surface area contributed by atoms with Gasteiger partial charge in [0.25, 0.3) is 0 Å². The zero-order valence-corrected chi connectivity index (χ0v) is 43.3. The van der Waals surface area contributed by atoms with E-state index in [2.05, 4.69) is 39.3 Å². The van der Waals surface area contributed by atoms with Crippen molar-refractivity contribution in [3.8, 4) is 0 Å². The third-order valence-corrected chi connectivity index (χ3v) is 15.4. The second-order valence-corrected chi connectivity index (χ2v) is 33.7. The first kappa shape index (κ1) is 51.4. The van der Waals surface area contributed by atoms with Crippen LogP contribution in [0.2, 0.25) is 51.4 Å². The van der Waals surface area contributed by atoms with E-state index in [1.807, 2.05) is 50.7 Å². The number of hydrogen-bond acceptors (Lipinski definition) is 10. The number of halogens is 2. The average Bonchev–Trinajstić information content (AvgIpc) is 4.00. The summed E-state index contributed by atoms with van der Waals surface area (Å²) in [5.74, 6) is -0.245. The summed E-state index contributed by atoms with van der Waals surface area (Å²) in [6.07, 6.45) is -1.07. The van der Waals surface area contributed by atoms with E-state index < -0.39 is 75.5 Å². The largest absolute Gasteiger partial charge is 0.444 e. The summed E-state index contributed by atoms with van der Waals surface area (Å²) in [6, 6.07) is 6.69. The van der Waals surface area contributed by atoms with E-state index in [1.54, 1.807) is 9.80 Å². The van der Waals surface area contributed by atoms with Gasteiger partial charge < -0.3 is 38.3 Å². The number of aliphatic hydroxyl groups excluding tert-OH is 2. The van der Waals surface area contributed by atoms with Crippen LogP contribution in [0.15, 0.2) is 24.3 Å². The molecule has 1 unspecified atom stereocenters. The van der Waals surface area contributed by atoms with Gasteiger partial charge in [-0.1, -0.05) is 39.3 Å². The fourth-order valence-corrected chi connectivity index (χ4v) is 10.0. The molecule has 6 rings (SSSR count). The van der Waals surface area contributed by atoms with Crippen LogP contribution in [0.1, 0.15) is 127 Å². The summed E-state index contributed by atoms with van der Waals surface area (Å²) in [5.41, 5.74) is 0.356. The molecule has 66 heavy (non-hydrogen) atoms. The Labute approximate surface area is 391 Å². The lowest BCUT2D eigenvalue weighted by atomic mass is 9.98. The standard InChI is InChI=1S/C48H74F2N6O8Si2/c1-47(2,3)63-45(59)53-19-13-15-37(53)43-51-35-25-31(33(49)27-39(35)55(43)29-61-21-23-65(7,8)9)41(57)17-18-42(58)32-26-36-40(28-34(32)50)56(30-62-22-24-66(10,11)12)44(52-36)38-16-14-20-54(38)46(60)64-48(4,5)6/h25-28,37-38,41-42,57-58H,13-24,29-30H2,1-12H3/t37-,38-,41-,42?/m0/s1. The van der Waals surface area contributed by atoms with E-state index in [-0.39, 0.29) is 37.4 Å². The topological polar surface area (TPSA) is 154 Å². The highest BCUT2D eigenvalue weighted by Gasteiger charge is 2.38. The van der Waals surface area contributed by atoms with Gasteiger partial charge in [0.15, 0.2) is 0 Å². The van der Waals surface area contributed by atoms with Gasteiger partial charge in [0.05, 0.1) is 46.4 Å². The minimum Gasteiger partial charge on any atom is -0.444 e. The smallest absolute Gasteiger partial charge is 0.410 e. The van der Waals surface area contributed by atoms with E-state index in [1.165, 1.54) is 24.3 Å². The van der Waals surface area contributed by atoms with Gasteiger partial charge in [0.2, 0.25) is 0 Å². The van der Waals surface area contributed by atoms with Crippen LogP contribution in [0.5, 0.6) is 0 Å². The van der Waals surface area contributed by atoms with Crippen LogP contribution in [0.3, 0.4) is 0 Å². The number of aromatic nitrogens is 4. The van der Waals surface area contributed by atoms with Crippen molar-refractivity contribution in [3.05, 3.63) is 58.7 Å². The van der Waals surface area contributed by atoms with Gasteiger partial charge in [0, 0.05) is 65.7 Å². The molecule has 0 bridgehead atoms. The summed E-state index contributed by atoms with van der Waals surface area (Å²) in [4.78, 5) is 39.9. The highest BCUT2D eigenvalue weighted by molar-refractivity contribution is 6.76. The predicted molar refractivity (Wildman–Crippen MR) is 257 cm³/mol. The van der Waals surface area contributed by atoms with Crippen LogP contribution < -0.4 is 0 Å². The van der Waals surface area contributed by atoms with E-state index in [0.717, 1.165) is 24.9 Å². The Bertz CT molecular complexity index is 2190. The van der Waals surface area contributed by atoms with Crippen molar-refractivity contribution in [2.45, 2.75) is 180 Å². The highest BCUT2D eigenvalue weighted by Crippen LogP contribution is 2.39. The van der Waals surface area contributed by atoms with Crippen LogP contribution >= 0.6 is 0 Å². The quantitative estimate of drug-likeness (QED) is 0.0772. The second kappa shape index (κ2) is 20.3. The Kier molecular flexibility index (Phi) is 15.9. The van der Waals surface area contributed by atoms with Crippen LogP contribution in [0.4, 0.5) is 18.4 Å². The molecule has 0 spiro atoms. The van der Waals surface area contributed by atoms with E-state index >= 15 is 8.78 Å². The zero-order chi connectivity index (χ0) is 48.5. The van der Waals surface area contributed by atoms with Gasteiger partial charge in [-0.3, -0.25) is 9.80 Å². The number of carbonyl (C=O) groups excluding carboxylic acids is 2. The number of ether oxygens (including phenoxy) is 4. The Morgan fingerprint density at radius 3 is 1.36 bits per heavy atom. The molecule has 4 atom stereocenters. The van der Waals surface area contributed by atoms with Crippen LogP contribution in [-0.2, 0) is 32.4 Å². The third kappa shape index (κ3) is 13.0. The van der Waals surface area contributed by atoms with Gasteiger partial charge in [-0.2, -0.15) is 0 Å². The number of nitrogens with zero attached hydrogens (tertiary/aromatic N) is 6. The first-order chi connectivity index (χ1) is 30.7. The molecule has 2 aromatic heterocycles. The molecular formula is C48H74F2N6O8Si2. The first-order valence-corrected chi connectivity index (χ1v) is 31.0. The molecule has 4 heterocycles. The lowest BCUT2D eigenvalue weighted by molar-refractivity contribution is 0.0196. The van der Waals surface area contributed by atoms with Gasteiger partial charge in [0.1, 0.15) is 47.9 Å². The third-order valence-electron chi connectivity index (χ3n) is 12.0. The van der Waals surface area contributed by atoms with Crippen molar-refractivity contribution >= 4 is 50.4 Å². The average molecular weight is 957 g/mol. The van der Waals surface area contributed by atoms with Crippen molar-refractivity contribution < 1.29 is 47.5 Å². The number of fused-ring (bicyclic) bond motifs is 2. The first-order valence-electron chi connectivity index (χ1n) is 23.6. The number of carbonyl (C=O) groups is 2. The lowest BCUT2D eigenvalue weighted by Gasteiger charge is -2.28. The van der Waals surface area contributed by atoms with Gasteiger partial charge in [-0.05, 0) is 104 Å². The zero-order valence-electron chi connectivity index (χ0n) is 41.3. The normalized spacial score (nSPS) is 18.5. The highest BCUT2D eigenvalue weighted by atomic mass is 28.3. The monoisotopic (exact) mass is 957 g/mol. The van der Waals surface area contributed by atoms with E-state index in [0.29, 0.717) is 72.9 Å². The van der Waals surface area contributed by atoms with Gasteiger partial charge in [-0.15, -0.1) is 0 Å². The maximum atomic E-state index is 16.2. The van der Waals surface area contributed by atoms with Crippen molar-refractivity contribution in [2.75, 3.05) is 26.3 Å². The van der Waals surface area contributed by atoms with Crippen molar-refractivity contribution in [1.29, 1.82) is 0 Å². The van der Waals surface area contributed by atoms with Crippen molar-refractivity contribution in [1.82, 2.24) is 28.9 Å². The van der Waals surface area contributed by atoms with Crippen molar-refractivity contribution in [3.63, 3.8) is 0 Å². The maximum Gasteiger partial charge on any atom is 0.410 e. The van der Waals surface area contributed by atoms with Gasteiger partial charge >= 0.3 is 12.2 Å². The Hall–Kier alpha value is -3.95. The molecule has 2 aliphatic heterocycles. The molecule has 2 amide bonds. The summed E-state index contributed by atoms with van der Waals surface area (Å²) in [6.45, 7) is 26.7. The minimum absolute atomic E-state index is 0.0134. The summed E-state index contributed by atoms with van der Waals surface area (Å²) in [7, 11) is -2.80. The lowest BCUT2D eigenvalue weighted by Crippen LogP contribution is -2.37. The van der Waals surface area contributed by atoms with Crippen molar-refractivity contribution in [2.24, 2.45) is 0 Å². The number of aliphatic hydroxyl groups is 2. The molecule has 2 aliphatic rings.